The van der Waals surface area contributed by atoms with Gasteiger partial charge in [0, 0.05) is 18.3 Å². The van der Waals surface area contributed by atoms with Crippen LogP contribution in [-0.2, 0) is 16.0 Å². The summed E-state index contributed by atoms with van der Waals surface area (Å²) in [5.41, 5.74) is 3.19. The first-order chi connectivity index (χ1) is 16.1. The molecule has 1 N–H and O–H groups in total. The van der Waals surface area contributed by atoms with Crippen LogP contribution in [0, 0.1) is 0 Å². The van der Waals surface area contributed by atoms with E-state index < -0.39 is 0 Å². The quantitative estimate of drug-likeness (QED) is 0.539. The summed E-state index contributed by atoms with van der Waals surface area (Å²) < 4.78 is 5.31. The van der Waals surface area contributed by atoms with E-state index in [-0.39, 0.29) is 24.8 Å². The van der Waals surface area contributed by atoms with Crippen molar-refractivity contribution >= 4 is 29.0 Å². The molecular weight excluding hydrogens is 416 g/mol. The van der Waals surface area contributed by atoms with Crippen molar-refractivity contribution in [1.29, 1.82) is 0 Å². The predicted molar refractivity (Wildman–Crippen MR) is 128 cm³/mol. The number of nitrogens with one attached hydrogen (secondary N) is 1. The molecule has 0 bridgehead atoms. The van der Waals surface area contributed by atoms with Crippen molar-refractivity contribution in [3.8, 4) is 5.75 Å². The number of pyridine rings is 1. The third-order valence-corrected chi connectivity index (χ3v) is 5.41. The van der Waals surface area contributed by atoms with E-state index in [0.29, 0.717) is 29.5 Å². The van der Waals surface area contributed by atoms with Gasteiger partial charge in [0.05, 0.1) is 19.2 Å². The number of carbonyl (C=O) groups is 2. The van der Waals surface area contributed by atoms with E-state index in [4.69, 9.17) is 9.73 Å². The van der Waals surface area contributed by atoms with Crippen LogP contribution in [0.3, 0.4) is 0 Å². The van der Waals surface area contributed by atoms with Gasteiger partial charge >= 0.3 is 0 Å². The highest BCUT2D eigenvalue weighted by Crippen LogP contribution is 2.31. The molecule has 4 rings (SSSR count). The van der Waals surface area contributed by atoms with Gasteiger partial charge in [0.2, 0.25) is 11.8 Å². The van der Waals surface area contributed by atoms with Crippen LogP contribution in [0.15, 0.2) is 77.9 Å². The fraction of sp³-hybridized carbons (Fsp3) is 0.231. The number of rotatable bonds is 8. The summed E-state index contributed by atoms with van der Waals surface area (Å²) >= 11 is 0. The van der Waals surface area contributed by atoms with Gasteiger partial charge in [0.15, 0.2) is 5.82 Å². The van der Waals surface area contributed by atoms with E-state index in [0.717, 1.165) is 18.4 Å². The van der Waals surface area contributed by atoms with Gasteiger partial charge in [-0.2, -0.15) is 0 Å². The summed E-state index contributed by atoms with van der Waals surface area (Å²) in [6.07, 6.45) is 3.36. The first-order valence-electron chi connectivity index (χ1n) is 10.9. The smallest absolute Gasteiger partial charge is 0.240 e. The lowest BCUT2D eigenvalue weighted by Gasteiger charge is -2.20. The Labute approximate surface area is 193 Å². The Morgan fingerprint density at radius 1 is 1.09 bits per heavy atom. The zero-order valence-corrected chi connectivity index (χ0v) is 18.5. The third kappa shape index (κ3) is 5.63. The molecule has 0 radical (unpaired) electrons. The molecule has 33 heavy (non-hydrogen) atoms. The molecule has 168 valence electrons. The lowest BCUT2D eigenvalue weighted by Crippen LogP contribution is -2.41. The molecule has 0 saturated heterocycles. The Kier molecular flexibility index (Phi) is 7.09. The van der Waals surface area contributed by atoms with Crippen LogP contribution >= 0.6 is 0 Å². The largest absolute Gasteiger partial charge is 0.497 e. The number of benzene rings is 2. The lowest BCUT2D eigenvalue weighted by molar-refractivity contribution is -0.123. The molecule has 7 heteroatoms. The maximum absolute atomic E-state index is 13.2. The third-order valence-electron chi connectivity index (χ3n) is 5.41. The molecule has 0 unspecified atom stereocenters. The molecule has 1 aliphatic rings. The number of fused-ring (bicyclic) bond motifs is 1. The van der Waals surface area contributed by atoms with Crippen molar-refractivity contribution in [2.45, 2.75) is 19.3 Å². The predicted octanol–water partition coefficient (Wildman–Crippen LogP) is 3.70. The van der Waals surface area contributed by atoms with Crippen molar-refractivity contribution in [3.63, 3.8) is 0 Å². The van der Waals surface area contributed by atoms with E-state index in [1.165, 1.54) is 10.5 Å². The number of anilines is 1. The highest BCUT2D eigenvalue weighted by Gasteiger charge is 2.27. The van der Waals surface area contributed by atoms with Gasteiger partial charge in [0.1, 0.15) is 18.0 Å². The van der Waals surface area contributed by atoms with Crippen LogP contribution in [0.5, 0.6) is 5.75 Å². The first-order valence-corrected chi connectivity index (χ1v) is 10.9. The molecular formula is C26H26N4O3. The molecule has 1 aromatic heterocycles. The molecule has 0 fully saturated rings. The second-order valence-corrected chi connectivity index (χ2v) is 7.73. The molecule has 0 saturated carbocycles. The molecule has 2 aromatic carbocycles. The van der Waals surface area contributed by atoms with E-state index in [1.54, 1.807) is 25.4 Å². The average molecular weight is 443 g/mol. The van der Waals surface area contributed by atoms with Gasteiger partial charge in [-0.05, 0) is 42.7 Å². The average Bonchev–Trinajstić information content (AvgIpc) is 2.99. The number of hydrogen-bond donors (Lipinski definition) is 1. The molecule has 2 heterocycles. The van der Waals surface area contributed by atoms with Crippen LogP contribution in [0.1, 0.15) is 24.0 Å². The molecule has 0 aliphatic carbocycles. The fourth-order valence-electron chi connectivity index (χ4n) is 3.72. The van der Waals surface area contributed by atoms with Gasteiger partial charge in [-0.15, -0.1) is 0 Å². The van der Waals surface area contributed by atoms with Crippen molar-refractivity contribution < 1.29 is 14.3 Å². The number of aliphatic imine (C=N–C) groups is 1. The Morgan fingerprint density at radius 2 is 1.94 bits per heavy atom. The number of carbonyl (C=O) groups excluding carboxylic acids is 2. The van der Waals surface area contributed by atoms with Crippen molar-refractivity contribution in [2.75, 3.05) is 25.1 Å². The number of methoxy groups -OCH3 is 1. The lowest BCUT2D eigenvalue weighted by atomic mass is 10.1. The summed E-state index contributed by atoms with van der Waals surface area (Å²) in [6, 6.07) is 21.1. The zero-order chi connectivity index (χ0) is 23.0. The Morgan fingerprint density at radius 3 is 2.76 bits per heavy atom. The van der Waals surface area contributed by atoms with Crippen LogP contribution in [-0.4, -0.2) is 42.7 Å². The number of hydrogen-bond acceptors (Lipinski definition) is 5. The zero-order valence-electron chi connectivity index (χ0n) is 18.5. The molecule has 2 amide bonds. The van der Waals surface area contributed by atoms with Gasteiger partial charge in [-0.25, -0.2) is 9.98 Å². The Bertz CT molecular complexity index is 1160. The monoisotopic (exact) mass is 442 g/mol. The summed E-state index contributed by atoms with van der Waals surface area (Å²) in [7, 11) is 1.60. The summed E-state index contributed by atoms with van der Waals surface area (Å²) in [4.78, 5) is 36.3. The second-order valence-electron chi connectivity index (χ2n) is 7.73. The van der Waals surface area contributed by atoms with Gasteiger partial charge < -0.3 is 10.1 Å². The molecule has 0 atom stereocenters. The van der Waals surface area contributed by atoms with Crippen molar-refractivity contribution in [1.82, 2.24) is 10.3 Å². The van der Waals surface area contributed by atoms with Crippen molar-refractivity contribution in [2.24, 2.45) is 4.99 Å². The van der Waals surface area contributed by atoms with Crippen molar-refractivity contribution in [3.05, 3.63) is 84.1 Å². The van der Waals surface area contributed by atoms with Crippen LogP contribution in [0.4, 0.5) is 11.5 Å². The van der Waals surface area contributed by atoms with Gasteiger partial charge in [-0.3, -0.25) is 14.5 Å². The van der Waals surface area contributed by atoms with E-state index in [2.05, 4.69) is 22.4 Å². The summed E-state index contributed by atoms with van der Waals surface area (Å²) in [5, 5.41) is 2.92. The maximum atomic E-state index is 13.2. The number of nitrogens with zero attached hydrogens (tertiary/aromatic N) is 3. The van der Waals surface area contributed by atoms with E-state index in [1.807, 2.05) is 42.5 Å². The standard InChI is InChI=1S/C26H26N4O3/c1-33-21-12-5-11-20(16-21)23-17-25(32)30(26-22(29-23)13-7-15-28-26)18-24(31)27-14-6-10-19-8-3-2-4-9-19/h2-5,7-9,11-13,15-16H,6,10,14,17-18H2,1H3,(H,27,31). The van der Waals surface area contributed by atoms with Crippen LogP contribution in [0.2, 0.25) is 0 Å². The topological polar surface area (TPSA) is 83.9 Å². The Balaban J connectivity index is 1.44. The first kappa shape index (κ1) is 22.2. The maximum Gasteiger partial charge on any atom is 0.240 e. The normalized spacial score (nSPS) is 13.1. The molecule has 0 spiro atoms. The number of ether oxygens (including phenoxy) is 1. The molecule has 7 nitrogen and oxygen atoms in total. The highest BCUT2D eigenvalue weighted by atomic mass is 16.5. The number of aryl methyl sites for hydroxylation is 1. The van der Waals surface area contributed by atoms with E-state index in [9.17, 15) is 9.59 Å². The second kappa shape index (κ2) is 10.5. The van der Waals surface area contributed by atoms with Crippen LogP contribution in [0.25, 0.3) is 0 Å². The van der Waals surface area contributed by atoms with Gasteiger partial charge in [-0.1, -0.05) is 42.5 Å². The Hall–Kier alpha value is -4.00. The highest BCUT2D eigenvalue weighted by molar-refractivity contribution is 6.18. The SMILES string of the molecule is COc1cccc(C2=Nc3cccnc3N(CC(=O)NCCCc3ccccc3)C(=O)C2)c1. The molecule has 1 aliphatic heterocycles. The van der Waals surface area contributed by atoms with Crippen LogP contribution < -0.4 is 15.0 Å². The van der Waals surface area contributed by atoms with E-state index >= 15 is 0 Å². The fourth-order valence-corrected chi connectivity index (χ4v) is 3.72. The minimum Gasteiger partial charge on any atom is -0.497 e. The minimum absolute atomic E-state index is 0.0603. The summed E-state index contributed by atoms with van der Waals surface area (Å²) in [6.45, 7) is 0.436. The number of aromatic nitrogens is 1. The number of amides is 2. The minimum atomic E-state index is -0.228. The summed E-state index contributed by atoms with van der Waals surface area (Å²) in [5.74, 6) is 0.621. The van der Waals surface area contributed by atoms with Gasteiger partial charge in [0.25, 0.3) is 0 Å². The molecule has 3 aromatic rings.